The first-order valence-corrected chi connectivity index (χ1v) is 9.76. The number of benzene rings is 2. The number of pyridine rings is 1. The molecule has 1 aliphatic rings. The van der Waals surface area contributed by atoms with Gasteiger partial charge in [-0.05, 0) is 59.2 Å². The van der Waals surface area contributed by atoms with Crippen molar-refractivity contribution in [1.82, 2.24) is 4.57 Å². The number of rotatable bonds is 2. The molecule has 0 saturated heterocycles. The number of ether oxygens (including phenoxy) is 1. The van der Waals surface area contributed by atoms with Crippen molar-refractivity contribution in [1.29, 1.82) is 0 Å². The van der Waals surface area contributed by atoms with Gasteiger partial charge in [-0.25, -0.2) is 4.79 Å². The molecule has 0 atom stereocenters. The molecule has 0 bridgehead atoms. The summed E-state index contributed by atoms with van der Waals surface area (Å²) in [6, 6.07) is 15.0. The van der Waals surface area contributed by atoms with Gasteiger partial charge in [0.05, 0.1) is 5.52 Å². The normalized spacial score (nSPS) is 13.2. The zero-order valence-electron chi connectivity index (χ0n) is 14.2. The number of aryl methyl sites for hydroxylation is 2. The number of fused-ring (bicyclic) bond motifs is 2. The Morgan fingerprint density at radius 2 is 1.85 bits per heavy atom. The van der Waals surface area contributed by atoms with Crippen LogP contribution in [0.4, 0.5) is 0 Å². The maximum Gasteiger partial charge on any atom is 0.353 e. The molecule has 1 aliphatic heterocycles. The van der Waals surface area contributed by atoms with E-state index in [0.717, 1.165) is 29.3 Å². The molecule has 0 amide bonds. The number of aromatic nitrogens is 1. The highest BCUT2D eigenvalue weighted by molar-refractivity contribution is 14.1. The fourth-order valence-electron chi connectivity index (χ4n) is 3.75. The first-order valence-electron chi connectivity index (χ1n) is 8.69. The summed E-state index contributed by atoms with van der Waals surface area (Å²) in [6.07, 6.45) is 1.81. The lowest BCUT2D eigenvalue weighted by atomic mass is 10.00. The van der Waals surface area contributed by atoms with Crippen LogP contribution in [-0.2, 0) is 13.0 Å². The number of hydrogen-bond donors (Lipinski definition) is 0. The zero-order valence-corrected chi connectivity index (χ0v) is 16.4. The monoisotopic (exact) mass is 471 g/mol. The Labute approximate surface area is 167 Å². The average molecular weight is 471 g/mol. The van der Waals surface area contributed by atoms with E-state index in [1.54, 1.807) is 16.7 Å². The van der Waals surface area contributed by atoms with Gasteiger partial charge in [-0.15, -0.1) is 0 Å². The van der Waals surface area contributed by atoms with E-state index in [4.69, 9.17) is 9.15 Å². The summed E-state index contributed by atoms with van der Waals surface area (Å²) >= 11 is 1.89. The summed E-state index contributed by atoms with van der Waals surface area (Å²) in [5.74, 6) is 0.828. The van der Waals surface area contributed by atoms with Crippen LogP contribution in [0.2, 0.25) is 0 Å². The van der Waals surface area contributed by atoms with Crippen LogP contribution >= 0.6 is 22.6 Å². The fourth-order valence-corrected chi connectivity index (χ4v) is 4.24. The van der Waals surface area contributed by atoms with Crippen molar-refractivity contribution < 1.29 is 9.15 Å². The average Bonchev–Trinajstić information content (AvgIpc) is 2.70. The third kappa shape index (κ3) is 2.50. The van der Waals surface area contributed by atoms with Crippen LogP contribution in [-0.4, -0.2) is 4.57 Å². The van der Waals surface area contributed by atoms with Crippen LogP contribution in [0, 0.1) is 3.57 Å². The zero-order chi connectivity index (χ0) is 18.5. The highest BCUT2D eigenvalue weighted by Gasteiger charge is 2.24. The predicted molar refractivity (Wildman–Crippen MR) is 112 cm³/mol. The molecule has 2 aromatic heterocycles. The minimum atomic E-state index is -0.505. The second kappa shape index (κ2) is 6.23. The van der Waals surface area contributed by atoms with Gasteiger partial charge in [0.2, 0.25) is 0 Å². The van der Waals surface area contributed by atoms with Gasteiger partial charge < -0.3 is 13.7 Å². The molecular weight excluding hydrogens is 457 g/mol. The molecule has 0 N–H and O–H groups in total. The van der Waals surface area contributed by atoms with Gasteiger partial charge in [-0.3, -0.25) is 4.79 Å². The van der Waals surface area contributed by atoms with Gasteiger partial charge in [0.25, 0.3) is 5.56 Å². The van der Waals surface area contributed by atoms with Crippen molar-refractivity contribution in [2.75, 3.05) is 0 Å². The standard InChI is InChI=1S/C21H14INO4/c22-16-19(26-13-8-2-1-3-9-13)15-18(27-21(16)25)14-10-4-6-12-7-5-11-23(17(12)14)20(15)24/h1-4,6,8-10H,5,7,11H2. The lowest BCUT2D eigenvalue weighted by Crippen LogP contribution is -2.26. The minimum Gasteiger partial charge on any atom is -0.455 e. The maximum atomic E-state index is 13.4. The van der Waals surface area contributed by atoms with Crippen molar-refractivity contribution in [3.8, 4) is 11.5 Å². The molecule has 0 unspecified atom stereocenters. The number of halogens is 1. The summed E-state index contributed by atoms with van der Waals surface area (Å²) in [5, 5.41) is 1.09. The van der Waals surface area contributed by atoms with Crippen LogP contribution < -0.4 is 15.9 Å². The van der Waals surface area contributed by atoms with Crippen molar-refractivity contribution in [3.63, 3.8) is 0 Å². The highest BCUT2D eigenvalue weighted by Crippen LogP contribution is 2.35. The molecule has 5 rings (SSSR count). The lowest BCUT2D eigenvalue weighted by molar-refractivity contribution is 0.468. The van der Waals surface area contributed by atoms with E-state index in [-0.39, 0.29) is 14.9 Å². The molecule has 134 valence electrons. The molecule has 0 fully saturated rings. The molecule has 0 aliphatic carbocycles. The summed E-state index contributed by atoms with van der Waals surface area (Å²) in [4.78, 5) is 25.8. The Morgan fingerprint density at radius 3 is 2.67 bits per heavy atom. The van der Waals surface area contributed by atoms with Gasteiger partial charge >= 0.3 is 5.63 Å². The van der Waals surface area contributed by atoms with Crippen LogP contribution in [0.1, 0.15) is 12.0 Å². The van der Waals surface area contributed by atoms with Crippen LogP contribution in [0.3, 0.4) is 0 Å². The number of hydrogen-bond acceptors (Lipinski definition) is 4. The second-order valence-electron chi connectivity index (χ2n) is 6.53. The SMILES string of the molecule is O=c1oc2c(c(Oc3ccccc3)c1I)c(=O)n1c3c(cccc23)CCC1. The Kier molecular flexibility index (Phi) is 3.82. The van der Waals surface area contributed by atoms with Crippen molar-refractivity contribution >= 4 is 44.5 Å². The van der Waals surface area contributed by atoms with Crippen LogP contribution in [0.5, 0.6) is 11.5 Å². The summed E-state index contributed by atoms with van der Waals surface area (Å²) in [6.45, 7) is 0.642. The Morgan fingerprint density at radius 1 is 1.04 bits per heavy atom. The van der Waals surface area contributed by atoms with E-state index in [9.17, 15) is 9.59 Å². The molecule has 6 heteroatoms. The molecule has 4 aromatic rings. The Bertz CT molecular complexity index is 1320. The lowest BCUT2D eigenvalue weighted by Gasteiger charge is -2.21. The molecule has 0 saturated carbocycles. The predicted octanol–water partition coefficient (Wildman–Crippen LogP) is 4.45. The molecule has 0 radical (unpaired) electrons. The van der Waals surface area contributed by atoms with Crippen molar-refractivity contribution in [2.45, 2.75) is 19.4 Å². The van der Waals surface area contributed by atoms with Crippen LogP contribution in [0.25, 0.3) is 21.9 Å². The van der Waals surface area contributed by atoms with E-state index >= 15 is 0 Å². The van der Waals surface area contributed by atoms with Gasteiger partial charge in [0.1, 0.15) is 14.7 Å². The van der Waals surface area contributed by atoms with E-state index in [1.165, 1.54) is 0 Å². The maximum absolute atomic E-state index is 13.4. The third-order valence-electron chi connectivity index (χ3n) is 4.91. The Balaban J connectivity index is 1.95. The van der Waals surface area contributed by atoms with Crippen LogP contribution in [0.15, 0.2) is 62.5 Å². The van der Waals surface area contributed by atoms with E-state index < -0.39 is 5.63 Å². The third-order valence-corrected chi connectivity index (χ3v) is 5.84. The topological polar surface area (TPSA) is 61.4 Å². The van der Waals surface area contributed by atoms with E-state index in [0.29, 0.717) is 23.3 Å². The van der Waals surface area contributed by atoms with Gasteiger partial charge in [-0.2, -0.15) is 0 Å². The molecule has 2 aromatic carbocycles. The van der Waals surface area contributed by atoms with E-state index in [1.807, 2.05) is 59.0 Å². The first kappa shape index (κ1) is 16.6. The second-order valence-corrected chi connectivity index (χ2v) is 7.60. The quantitative estimate of drug-likeness (QED) is 0.320. The Hall–Kier alpha value is -2.61. The molecular formula is C21H14INO4. The van der Waals surface area contributed by atoms with E-state index in [2.05, 4.69) is 0 Å². The minimum absolute atomic E-state index is 0.183. The summed E-state index contributed by atoms with van der Waals surface area (Å²) in [7, 11) is 0. The summed E-state index contributed by atoms with van der Waals surface area (Å²) < 4.78 is 13.6. The smallest absolute Gasteiger partial charge is 0.353 e. The van der Waals surface area contributed by atoms with Crippen molar-refractivity contribution in [3.05, 3.63) is 78.4 Å². The van der Waals surface area contributed by atoms with Gasteiger partial charge in [0.15, 0.2) is 11.3 Å². The molecule has 3 heterocycles. The first-order chi connectivity index (χ1) is 13.1. The largest absolute Gasteiger partial charge is 0.455 e. The fraction of sp³-hybridized carbons (Fsp3) is 0.143. The molecule has 27 heavy (non-hydrogen) atoms. The molecule has 5 nitrogen and oxygen atoms in total. The van der Waals surface area contributed by atoms with Crippen molar-refractivity contribution in [2.24, 2.45) is 0 Å². The van der Waals surface area contributed by atoms with Gasteiger partial charge in [-0.1, -0.05) is 30.3 Å². The number of para-hydroxylation sites is 2. The number of nitrogens with zero attached hydrogens (tertiary/aromatic N) is 1. The molecule has 0 spiro atoms. The van der Waals surface area contributed by atoms with Gasteiger partial charge in [0, 0.05) is 11.9 Å². The highest BCUT2D eigenvalue weighted by atomic mass is 127. The summed E-state index contributed by atoms with van der Waals surface area (Å²) in [5.41, 5.74) is 1.57.